The number of aryl methyl sites for hydroxylation is 1. The number of esters is 1. The molecule has 0 bridgehead atoms. The van der Waals surface area contributed by atoms with Crippen molar-refractivity contribution in [1.82, 2.24) is 9.78 Å². The molecule has 0 amide bonds. The van der Waals surface area contributed by atoms with Gasteiger partial charge in [0.25, 0.3) is 0 Å². The predicted molar refractivity (Wildman–Crippen MR) is 105 cm³/mol. The molecule has 140 valence electrons. The van der Waals surface area contributed by atoms with Gasteiger partial charge in [0.05, 0.1) is 24.1 Å². The van der Waals surface area contributed by atoms with E-state index < -0.39 is 5.97 Å². The van der Waals surface area contributed by atoms with Crippen LogP contribution in [-0.4, -0.2) is 22.9 Å². The molecule has 0 unspecified atom stereocenters. The van der Waals surface area contributed by atoms with Gasteiger partial charge in [-0.3, -0.25) is 0 Å². The lowest BCUT2D eigenvalue weighted by atomic mass is 10.1. The van der Waals surface area contributed by atoms with Crippen LogP contribution in [-0.2, 0) is 0 Å². The minimum Gasteiger partial charge on any atom is -0.497 e. The number of hydrogen-bond acceptors (Lipinski definition) is 4. The third kappa shape index (κ3) is 3.87. The number of aromatic nitrogens is 2. The van der Waals surface area contributed by atoms with Crippen molar-refractivity contribution in [2.75, 3.05) is 7.11 Å². The van der Waals surface area contributed by atoms with Crippen LogP contribution in [0.4, 0.5) is 0 Å². The van der Waals surface area contributed by atoms with E-state index in [0.29, 0.717) is 17.2 Å². The van der Waals surface area contributed by atoms with Crippen LogP contribution in [0.1, 0.15) is 46.9 Å². The maximum Gasteiger partial charge on any atom is 0.344 e. The SMILES string of the molecule is COc1cccc(C(=O)Oc2cc(C(C)C)nn2-c2cccc(C)c2C)c1. The topological polar surface area (TPSA) is 53.4 Å². The molecule has 27 heavy (non-hydrogen) atoms. The number of ether oxygens (including phenoxy) is 2. The molecule has 0 radical (unpaired) electrons. The molecule has 0 saturated heterocycles. The summed E-state index contributed by atoms with van der Waals surface area (Å²) in [4.78, 5) is 12.7. The molecular weight excluding hydrogens is 340 g/mol. The molecule has 0 aliphatic rings. The number of rotatable bonds is 5. The highest BCUT2D eigenvalue weighted by Gasteiger charge is 2.19. The molecule has 5 nitrogen and oxygen atoms in total. The number of benzene rings is 2. The summed E-state index contributed by atoms with van der Waals surface area (Å²) >= 11 is 0. The van der Waals surface area contributed by atoms with Crippen molar-refractivity contribution >= 4 is 5.97 Å². The third-order valence-corrected chi connectivity index (χ3v) is 4.59. The maximum absolute atomic E-state index is 12.7. The molecule has 3 rings (SSSR count). The first-order valence-electron chi connectivity index (χ1n) is 8.93. The first-order valence-corrected chi connectivity index (χ1v) is 8.93. The molecule has 0 atom stereocenters. The molecule has 0 aliphatic carbocycles. The second-order valence-corrected chi connectivity index (χ2v) is 6.81. The van der Waals surface area contributed by atoms with Crippen LogP contribution in [0.5, 0.6) is 11.6 Å². The van der Waals surface area contributed by atoms with E-state index in [2.05, 4.69) is 18.9 Å². The number of carbonyl (C=O) groups excluding carboxylic acids is 1. The third-order valence-electron chi connectivity index (χ3n) is 4.59. The Morgan fingerprint density at radius 2 is 1.81 bits per heavy atom. The molecule has 5 heteroatoms. The normalized spacial score (nSPS) is 10.9. The molecule has 0 aliphatic heterocycles. The monoisotopic (exact) mass is 364 g/mol. The van der Waals surface area contributed by atoms with Crippen LogP contribution in [0.15, 0.2) is 48.5 Å². The van der Waals surface area contributed by atoms with Gasteiger partial charge in [-0.15, -0.1) is 0 Å². The maximum atomic E-state index is 12.7. The minimum atomic E-state index is -0.448. The van der Waals surface area contributed by atoms with Gasteiger partial charge in [0.15, 0.2) is 0 Å². The molecule has 0 N–H and O–H groups in total. The lowest BCUT2D eigenvalue weighted by Crippen LogP contribution is -2.12. The standard InChI is InChI=1S/C22H24N2O3/c1-14(2)19-13-21(24(23-19)20-11-6-8-15(3)16(20)4)27-22(25)17-9-7-10-18(12-17)26-5/h6-14H,1-5H3. The Bertz CT molecular complexity index is 973. The summed E-state index contributed by atoms with van der Waals surface area (Å²) in [6.45, 7) is 8.20. The number of carbonyl (C=O) groups is 1. The minimum absolute atomic E-state index is 0.214. The lowest BCUT2D eigenvalue weighted by molar-refractivity contribution is 0.0722. The van der Waals surface area contributed by atoms with Crippen molar-refractivity contribution in [1.29, 1.82) is 0 Å². The lowest BCUT2D eigenvalue weighted by Gasteiger charge is -2.12. The van der Waals surface area contributed by atoms with Gasteiger partial charge in [-0.05, 0) is 55.2 Å². The van der Waals surface area contributed by atoms with Crippen LogP contribution in [0.2, 0.25) is 0 Å². The molecular formula is C22H24N2O3. The Kier molecular flexibility index (Phi) is 5.31. The highest BCUT2D eigenvalue weighted by atomic mass is 16.5. The summed E-state index contributed by atoms with van der Waals surface area (Å²) in [6.07, 6.45) is 0. The van der Waals surface area contributed by atoms with Crippen LogP contribution >= 0.6 is 0 Å². The van der Waals surface area contributed by atoms with E-state index in [1.165, 1.54) is 0 Å². The first-order chi connectivity index (χ1) is 12.9. The Morgan fingerprint density at radius 1 is 1.07 bits per heavy atom. The summed E-state index contributed by atoms with van der Waals surface area (Å²) in [7, 11) is 1.56. The molecule has 1 aromatic heterocycles. The largest absolute Gasteiger partial charge is 0.497 e. The summed E-state index contributed by atoms with van der Waals surface area (Å²) in [5.74, 6) is 0.775. The van der Waals surface area contributed by atoms with Crippen molar-refractivity contribution in [3.05, 3.63) is 70.9 Å². The summed E-state index contributed by atoms with van der Waals surface area (Å²) < 4.78 is 12.6. The Balaban J connectivity index is 2.01. The number of hydrogen-bond donors (Lipinski definition) is 0. The molecule has 0 fully saturated rings. The Hall–Kier alpha value is -3.08. The van der Waals surface area contributed by atoms with Crippen molar-refractivity contribution in [3.63, 3.8) is 0 Å². The van der Waals surface area contributed by atoms with Gasteiger partial charge < -0.3 is 9.47 Å². The average Bonchev–Trinajstić information content (AvgIpc) is 3.08. The summed E-state index contributed by atoms with van der Waals surface area (Å²) in [5, 5.41) is 4.68. The zero-order chi connectivity index (χ0) is 19.6. The van der Waals surface area contributed by atoms with Crippen LogP contribution in [0.3, 0.4) is 0 Å². The summed E-state index contributed by atoms with van der Waals surface area (Å²) in [6, 6.07) is 14.7. The number of nitrogens with zero attached hydrogens (tertiary/aromatic N) is 2. The van der Waals surface area contributed by atoms with Gasteiger partial charge in [0.1, 0.15) is 5.75 Å². The van der Waals surface area contributed by atoms with E-state index in [4.69, 9.17) is 9.47 Å². The molecule has 0 saturated carbocycles. The van der Waals surface area contributed by atoms with Crippen LogP contribution in [0.25, 0.3) is 5.69 Å². The van der Waals surface area contributed by atoms with E-state index in [9.17, 15) is 4.79 Å². The highest BCUT2D eigenvalue weighted by Crippen LogP contribution is 2.27. The fourth-order valence-corrected chi connectivity index (χ4v) is 2.78. The predicted octanol–water partition coefficient (Wildman–Crippen LogP) is 4.84. The fourth-order valence-electron chi connectivity index (χ4n) is 2.78. The van der Waals surface area contributed by atoms with Gasteiger partial charge in [-0.25, -0.2) is 9.48 Å². The van der Waals surface area contributed by atoms with Crippen LogP contribution in [0, 0.1) is 13.8 Å². The van der Waals surface area contributed by atoms with E-state index >= 15 is 0 Å². The Morgan fingerprint density at radius 3 is 2.52 bits per heavy atom. The molecule has 0 spiro atoms. The van der Waals surface area contributed by atoms with Crippen molar-refractivity contribution in [2.24, 2.45) is 0 Å². The van der Waals surface area contributed by atoms with Gasteiger partial charge in [-0.1, -0.05) is 32.0 Å². The van der Waals surface area contributed by atoms with E-state index in [0.717, 1.165) is 22.5 Å². The van der Waals surface area contributed by atoms with Gasteiger partial charge in [0, 0.05) is 6.07 Å². The zero-order valence-corrected chi connectivity index (χ0v) is 16.3. The number of methoxy groups -OCH3 is 1. The van der Waals surface area contributed by atoms with Gasteiger partial charge >= 0.3 is 5.97 Å². The van der Waals surface area contributed by atoms with Gasteiger partial charge in [-0.2, -0.15) is 5.10 Å². The highest BCUT2D eigenvalue weighted by molar-refractivity contribution is 5.91. The Labute approximate surface area is 159 Å². The van der Waals surface area contributed by atoms with E-state index in [1.807, 2.05) is 38.1 Å². The zero-order valence-electron chi connectivity index (χ0n) is 16.3. The van der Waals surface area contributed by atoms with Crippen molar-refractivity contribution < 1.29 is 14.3 Å². The second-order valence-electron chi connectivity index (χ2n) is 6.81. The summed E-state index contributed by atoms with van der Waals surface area (Å²) in [5.41, 5.74) is 4.43. The fraction of sp³-hybridized carbons (Fsp3) is 0.273. The average molecular weight is 364 g/mol. The first kappa shape index (κ1) is 18.7. The van der Waals surface area contributed by atoms with E-state index in [-0.39, 0.29) is 5.92 Å². The van der Waals surface area contributed by atoms with Crippen molar-refractivity contribution in [2.45, 2.75) is 33.6 Å². The quantitative estimate of drug-likeness (QED) is 0.608. The van der Waals surface area contributed by atoms with E-state index in [1.54, 1.807) is 36.1 Å². The molecule has 1 heterocycles. The molecule has 3 aromatic rings. The second kappa shape index (κ2) is 7.66. The molecule has 2 aromatic carbocycles. The van der Waals surface area contributed by atoms with Gasteiger partial charge in [0.2, 0.25) is 5.88 Å². The van der Waals surface area contributed by atoms with Crippen LogP contribution < -0.4 is 9.47 Å². The van der Waals surface area contributed by atoms with Crippen molar-refractivity contribution in [3.8, 4) is 17.3 Å². The smallest absolute Gasteiger partial charge is 0.344 e.